The number of hydrogen-bond donors (Lipinski definition) is 4. The summed E-state index contributed by atoms with van der Waals surface area (Å²) in [4.78, 5) is 35.0. The third-order valence-corrected chi connectivity index (χ3v) is 5.58. The van der Waals surface area contributed by atoms with E-state index in [0.29, 0.717) is 6.61 Å². The van der Waals surface area contributed by atoms with Crippen LogP contribution in [0.15, 0.2) is 59.5 Å². The minimum atomic E-state index is -5.08. The van der Waals surface area contributed by atoms with Crippen LogP contribution in [0.2, 0.25) is 0 Å². The van der Waals surface area contributed by atoms with Crippen LogP contribution in [0.4, 0.5) is 37.8 Å². The third-order valence-electron chi connectivity index (χ3n) is 5.09. The summed E-state index contributed by atoms with van der Waals surface area (Å²) in [7, 11) is 0. The van der Waals surface area contributed by atoms with Crippen LogP contribution in [0.5, 0.6) is 5.75 Å². The summed E-state index contributed by atoms with van der Waals surface area (Å²) in [6, 6.07) is 11.8. The molecule has 0 spiro atoms. The van der Waals surface area contributed by atoms with Crippen molar-refractivity contribution in [2.24, 2.45) is 0 Å². The van der Waals surface area contributed by atoms with Crippen molar-refractivity contribution >= 4 is 39.4 Å². The lowest BCUT2D eigenvalue weighted by molar-refractivity contribution is -0.193. The molecule has 0 amide bonds. The second-order valence-electron chi connectivity index (χ2n) is 7.93. The van der Waals surface area contributed by atoms with Gasteiger partial charge in [0.25, 0.3) is 0 Å². The van der Waals surface area contributed by atoms with Crippen LogP contribution in [-0.4, -0.2) is 61.0 Å². The summed E-state index contributed by atoms with van der Waals surface area (Å²) < 4.78 is 70.3. The number of H-pyrrole nitrogens is 1. The average molecular weight is 662 g/mol. The molecule has 0 saturated carbocycles. The van der Waals surface area contributed by atoms with Gasteiger partial charge in [-0.3, -0.25) is 4.98 Å². The van der Waals surface area contributed by atoms with E-state index in [1.54, 1.807) is 18.6 Å². The Morgan fingerprint density at radius 1 is 0.952 bits per heavy atom. The molecule has 222 valence electrons. The minimum absolute atomic E-state index is 0.584. The molecule has 1 aliphatic heterocycles. The molecule has 0 atom stereocenters. The van der Waals surface area contributed by atoms with Gasteiger partial charge in [-0.15, -0.1) is 0 Å². The maximum Gasteiger partial charge on any atom is 0.490 e. The number of rotatable bonds is 3. The highest BCUT2D eigenvalue weighted by Gasteiger charge is 2.38. The Morgan fingerprint density at radius 2 is 1.60 bits per heavy atom. The van der Waals surface area contributed by atoms with E-state index in [1.807, 2.05) is 43.3 Å². The number of imidazole rings is 1. The molecule has 4 aromatic rings. The highest BCUT2D eigenvalue weighted by atomic mass is 79.9. The molecule has 0 saturated heterocycles. The van der Waals surface area contributed by atoms with Crippen molar-refractivity contribution in [3.8, 4) is 39.7 Å². The second-order valence-corrected chi connectivity index (χ2v) is 8.85. The number of carboxylic acids is 2. The van der Waals surface area contributed by atoms with Gasteiger partial charge in [0.1, 0.15) is 23.1 Å². The molecule has 0 radical (unpaired) electrons. The van der Waals surface area contributed by atoms with E-state index in [0.717, 1.165) is 55.6 Å². The molecule has 1 aliphatic rings. The molecular weight excluding hydrogens is 644 g/mol. The van der Waals surface area contributed by atoms with E-state index in [-0.39, 0.29) is 0 Å². The van der Waals surface area contributed by atoms with Crippen molar-refractivity contribution in [3.05, 3.63) is 59.5 Å². The van der Waals surface area contributed by atoms with Crippen molar-refractivity contribution in [1.29, 1.82) is 0 Å². The van der Waals surface area contributed by atoms with Crippen molar-refractivity contribution in [1.82, 2.24) is 19.9 Å². The van der Waals surface area contributed by atoms with Gasteiger partial charge in [-0.05, 0) is 43.3 Å². The maximum absolute atomic E-state index is 10.6. The molecule has 5 rings (SSSR count). The van der Waals surface area contributed by atoms with Crippen molar-refractivity contribution in [2.75, 3.05) is 11.9 Å². The Hall–Kier alpha value is -4.67. The van der Waals surface area contributed by atoms with E-state index < -0.39 is 24.3 Å². The number of nitrogens with zero attached hydrogens (tertiary/aromatic N) is 3. The summed E-state index contributed by atoms with van der Waals surface area (Å²) in [6.07, 6.45) is -4.82. The van der Waals surface area contributed by atoms with E-state index in [2.05, 4.69) is 36.2 Å². The van der Waals surface area contributed by atoms with Gasteiger partial charge in [0.15, 0.2) is 0 Å². The van der Waals surface area contributed by atoms with Gasteiger partial charge in [-0.2, -0.15) is 26.3 Å². The predicted molar refractivity (Wildman–Crippen MR) is 140 cm³/mol. The number of pyridine rings is 2. The lowest BCUT2D eigenvalue weighted by Gasteiger charge is -2.10. The number of nitrogens with one attached hydrogen (secondary N) is 2. The summed E-state index contributed by atoms with van der Waals surface area (Å²) in [5, 5.41) is 17.6. The second kappa shape index (κ2) is 12.9. The zero-order chi connectivity index (χ0) is 31.2. The molecule has 42 heavy (non-hydrogen) atoms. The summed E-state index contributed by atoms with van der Waals surface area (Å²) in [5.74, 6) is -3.23. The lowest BCUT2D eigenvalue weighted by Crippen LogP contribution is -2.21. The third kappa shape index (κ3) is 7.74. The average Bonchev–Trinajstić information content (AvgIpc) is 3.30. The van der Waals surface area contributed by atoms with Crippen molar-refractivity contribution in [3.63, 3.8) is 0 Å². The standard InChI is InChI=1S/C21H16BrN5O.2C2HF3O2/c1-2-28-17-6-5-12(22)10-15(17)21-26-18-13-7-9-23-11-16(13)25-20-14(19(18)27-21)4-3-8-24-20;2*3-2(4,5)1(6)7/h3-11H,2H2,1H3,(H,24,25)(H,26,27);2*(H,6,7). The number of halogens is 7. The van der Waals surface area contributed by atoms with Crippen LogP contribution in [0.1, 0.15) is 6.92 Å². The molecule has 0 aliphatic carbocycles. The van der Waals surface area contributed by atoms with Gasteiger partial charge in [-0.1, -0.05) is 15.9 Å². The lowest BCUT2D eigenvalue weighted by atomic mass is 10.1. The Labute approximate surface area is 240 Å². The van der Waals surface area contributed by atoms with Crippen LogP contribution in [0.3, 0.4) is 0 Å². The molecule has 0 bridgehead atoms. The number of hydrogen-bond acceptors (Lipinski definition) is 7. The first-order valence-electron chi connectivity index (χ1n) is 11.4. The zero-order valence-corrected chi connectivity index (χ0v) is 22.6. The van der Waals surface area contributed by atoms with Gasteiger partial charge in [0.05, 0.1) is 29.7 Å². The smallest absolute Gasteiger partial charge is 0.490 e. The predicted octanol–water partition coefficient (Wildman–Crippen LogP) is 6.69. The fourth-order valence-corrected chi connectivity index (χ4v) is 3.76. The number of anilines is 2. The molecule has 4 N–H and O–H groups in total. The van der Waals surface area contributed by atoms with Crippen molar-refractivity contribution < 1.29 is 50.9 Å². The molecule has 3 aromatic heterocycles. The first-order valence-corrected chi connectivity index (χ1v) is 12.2. The number of ether oxygens (including phenoxy) is 1. The number of aromatic nitrogens is 4. The summed E-state index contributed by atoms with van der Waals surface area (Å²) >= 11 is 3.56. The number of carboxylic acid groups (broad SMARTS) is 2. The first kappa shape index (κ1) is 31.9. The van der Waals surface area contributed by atoms with Crippen LogP contribution in [-0.2, 0) is 9.59 Å². The molecule has 10 nitrogen and oxygen atoms in total. The molecule has 1 aromatic carbocycles. The summed E-state index contributed by atoms with van der Waals surface area (Å²) in [5.41, 5.74) is 5.49. The van der Waals surface area contributed by atoms with E-state index in [9.17, 15) is 26.3 Å². The van der Waals surface area contributed by atoms with E-state index in [1.165, 1.54) is 0 Å². The molecule has 0 unspecified atom stereocenters. The van der Waals surface area contributed by atoms with Crippen LogP contribution >= 0.6 is 15.9 Å². The Morgan fingerprint density at radius 3 is 2.19 bits per heavy atom. The number of fused-ring (bicyclic) bond motifs is 5. The number of carbonyl (C=O) groups is 2. The molecular formula is C25H18BrF6N5O5. The topological polar surface area (TPSA) is 150 Å². The number of benzene rings is 1. The van der Waals surface area contributed by atoms with Gasteiger partial charge >= 0.3 is 24.3 Å². The first-order chi connectivity index (χ1) is 19.6. The molecule has 4 heterocycles. The molecule has 17 heteroatoms. The maximum atomic E-state index is 10.6. The summed E-state index contributed by atoms with van der Waals surface area (Å²) in [6.45, 7) is 2.56. The highest BCUT2D eigenvalue weighted by molar-refractivity contribution is 9.10. The van der Waals surface area contributed by atoms with Gasteiger partial charge in [0, 0.05) is 28.0 Å². The van der Waals surface area contributed by atoms with Gasteiger partial charge < -0.3 is 25.3 Å². The normalized spacial score (nSPS) is 11.5. The van der Waals surface area contributed by atoms with Crippen LogP contribution < -0.4 is 10.1 Å². The van der Waals surface area contributed by atoms with E-state index >= 15 is 0 Å². The Balaban J connectivity index is 0.000000289. The highest BCUT2D eigenvalue weighted by Crippen LogP contribution is 2.43. The molecule has 0 fully saturated rings. The largest absolute Gasteiger partial charge is 0.493 e. The van der Waals surface area contributed by atoms with Gasteiger partial charge in [-0.25, -0.2) is 19.6 Å². The number of aromatic amines is 1. The van der Waals surface area contributed by atoms with Gasteiger partial charge in [0.2, 0.25) is 0 Å². The SMILES string of the molecule is CCOc1ccc(Br)cc1-c1nc2c([nH]1)-c1ccncc1Nc1ncccc1-2.O=C(O)C(F)(F)F.O=C(O)C(F)(F)F. The monoisotopic (exact) mass is 661 g/mol. The quantitative estimate of drug-likeness (QED) is 0.155. The van der Waals surface area contributed by atoms with E-state index in [4.69, 9.17) is 29.5 Å². The van der Waals surface area contributed by atoms with Crippen LogP contribution in [0.25, 0.3) is 33.9 Å². The Kier molecular flexibility index (Phi) is 9.77. The minimum Gasteiger partial charge on any atom is -0.493 e. The number of aliphatic carboxylic acids is 2. The Bertz CT molecular complexity index is 1510. The fraction of sp³-hybridized carbons (Fsp3) is 0.160. The van der Waals surface area contributed by atoms with Crippen LogP contribution in [0, 0.1) is 0 Å². The zero-order valence-electron chi connectivity index (χ0n) is 21.0. The fourth-order valence-electron chi connectivity index (χ4n) is 3.39. The van der Waals surface area contributed by atoms with Crippen molar-refractivity contribution in [2.45, 2.75) is 19.3 Å². The number of alkyl halides is 6.